The van der Waals surface area contributed by atoms with E-state index in [1.165, 1.54) is 6.08 Å². The van der Waals surface area contributed by atoms with Gasteiger partial charge in [-0.2, -0.15) is 0 Å². The van der Waals surface area contributed by atoms with Gasteiger partial charge in [0.2, 0.25) is 11.8 Å². The maximum atomic E-state index is 11.1. The van der Waals surface area contributed by atoms with Gasteiger partial charge in [-0.15, -0.1) is 0 Å². The average molecular weight is 183 g/mol. The second kappa shape index (κ2) is 3.08. The minimum atomic E-state index is -0.748. The van der Waals surface area contributed by atoms with Crippen molar-refractivity contribution < 1.29 is 9.59 Å². The van der Waals surface area contributed by atoms with Crippen molar-refractivity contribution in [3.8, 4) is 0 Å². The molecule has 0 radical (unpaired) electrons. The van der Waals surface area contributed by atoms with Gasteiger partial charge in [0.1, 0.15) is 5.66 Å². The molecule has 0 spiro atoms. The van der Waals surface area contributed by atoms with Crippen LogP contribution < -0.4 is 16.4 Å². The molecular weight excluding hydrogens is 170 g/mol. The molecule has 1 unspecified atom stereocenters. The van der Waals surface area contributed by atoms with Crippen LogP contribution in [0, 0.1) is 0 Å². The lowest BCUT2D eigenvalue weighted by Crippen LogP contribution is -2.60. The zero-order valence-corrected chi connectivity index (χ0v) is 7.68. The molecule has 4 N–H and O–H groups in total. The first-order valence-electron chi connectivity index (χ1n) is 3.98. The zero-order valence-electron chi connectivity index (χ0n) is 7.68. The van der Waals surface area contributed by atoms with Gasteiger partial charge < -0.3 is 16.4 Å². The molecule has 2 amide bonds. The Labute approximate surface area is 76.4 Å². The molecule has 1 atom stereocenters. The molecule has 0 saturated carbocycles. The highest BCUT2D eigenvalue weighted by molar-refractivity contribution is 5.90. The fraction of sp³-hybridized carbons (Fsp3) is 0.500. The molecule has 72 valence electrons. The van der Waals surface area contributed by atoms with Gasteiger partial charge in [0, 0.05) is 11.8 Å². The Hall–Kier alpha value is -1.52. The lowest BCUT2D eigenvalue weighted by molar-refractivity contribution is -0.122. The number of nitrogens with two attached hydrogens (primary N) is 1. The molecule has 1 aliphatic heterocycles. The second-order valence-corrected chi connectivity index (χ2v) is 3.42. The predicted molar refractivity (Wildman–Crippen MR) is 47.3 cm³/mol. The van der Waals surface area contributed by atoms with Crippen molar-refractivity contribution in [2.45, 2.75) is 25.9 Å². The van der Waals surface area contributed by atoms with Gasteiger partial charge in [0.15, 0.2) is 0 Å². The number of nitrogens with one attached hydrogen (secondary N) is 2. The number of hydrogen-bond donors (Lipinski definition) is 3. The van der Waals surface area contributed by atoms with E-state index in [1.54, 1.807) is 13.8 Å². The number of amides is 2. The Morgan fingerprint density at radius 2 is 2.23 bits per heavy atom. The van der Waals surface area contributed by atoms with Crippen molar-refractivity contribution in [3.05, 3.63) is 11.8 Å². The number of allylic oxidation sites excluding steroid dienone is 1. The highest BCUT2D eigenvalue weighted by Crippen LogP contribution is 2.11. The van der Waals surface area contributed by atoms with E-state index in [2.05, 4.69) is 10.6 Å². The minimum Gasteiger partial charge on any atom is -0.370 e. The first kappa shape index (κ1) is 9.57. The van der Waals surface area contributed by atoms with Crippen LogP contribution in [-0.4, -0.2) is 17.5 Å². The lowest BCUT2D eigenvalue weighted by Gasteiger charge is -2.34. The average Bonchev–Trinajstić information content (AvgIpc) is 1.77. The lowest BCUT2D eigenvalue weighted by atomic mass is 10.1. The zero-order chi connectivity index (χ0) is 10.1. The smallest absolute Gasteiger partial charge is 0.247 e. The summed E-state index contributed by atoms with van der Waals surface area (Å²) in [4.78, 5) is 21.8. The molecule has 13 heavy (non-hydrogen) atoms. The van der Waals surface area contributed by atoms with Crippen molar-refractivity contribution in [2.24, 2.45) is 5.73 Å². The summed E-state index contributed by atoms with van der Waals surface area (Å²) in [6.45, 7) is 3.48. The number of carbonyl (C=O) groups is 2. The van der Waals surface area contributed by atoms with E-state index in [4.69, 9.17) is 5.73 Å². The minimum absolute atomic E-state index is 0.0733. The van der Waals surface area contributed by atoms with Gasteiger partial charge in [0.05, 0.1) is 6.42 Å². The van der Waals surface area contributed by atoms with E-state index in [9.17, 15) is 9.59 Å². The Balaban J connectivity index is 2.77. The van der Waals surface area contributed by atoms with Crippen molar-refractivity contribution in [1.82, 2.24) is 10.6 Å². The monoisotopic (exact) mass is 183 g/mol. The molecule has 0 aromatic carbocycles. The largest absolute Gasteiger partial charge is 0.370 e. The highest BCUT2D eigenvalue weighted by atomic mass is 16.2. The SMILES string of the molecule is CC1=CC(=O)NC(C)(CC(N)=O)N1. The number of primary amides is 1. The molecule has 1 aliphatic rings. The predicted octanol–water partition coefficient (Wildman–Crippen LogP) is -0.799. The Morgan fingerprint density at radius 3 is 2.69 bits per heavy atom. The van der Waals surface area contributed by atoms with E-state index in [0.29, 0.717) is 0 Å². The van der Waals surface area contributed by atoms with Crippen LogP contribution in [0.3, 0.4) is 0 Å². The topological polar surface area (TPSA) is 84.2 Å². The molecule has 1 rings (SSSR count). The molecule has 5 heteroatoms. The summed E-state index contributed by atoms with van der Waals surface area (Å²) in [7, 11) is 0. The molecule has 0 fully saturated rings. The number of carbonyl (C=O) groups excluding carboxylic acids is 2. The van der Waals surface area contributed by atoms with Gasteiger partial charge in [-0.3, -0.25) is 9.59 Å². The molecule has 0 aromatic heterocycles. The van der Waals surface area contributed by atoms with Gasteiger partial charge in [-0.25, -0.2) is 0 Å². The summed E-state index contributed by atoms with van der Waals surface area (Å²) < 4.78 is 0. The third-order valence-corrected chi connectivity index (χ3v) is 1.75. The van der Waals surface area contributed by atoms with E-state index in [-0.39, 0.29) is 12.3 Å². The van der Waals surface area contributed by atoms with Crippen LogP contribution in [0.25, 0.3) is 0 Å². The summed E-state index contributed by atoms with van der Waals surface area (Å²) in [5.74, 6) is -0.662. The fourth-order valence-electron chi connectivity index (χ4n) is 1.44. The summed E-state index contributed by atoms with van der Waals surface area (Å²) in [6, 6.07) is 0. The summed E-state index contributed by atoms with van der Waals surface area (Å²) in [5.41, 5.74) is 5.03. The number of rotatable bonds is 2. The summed E-state index contributed by atoms with van der Waals surface area (Å²) in [6.07, 6.45) is 1.51. The Kier molecular flexibility index (Phi) is 2.27. The van der Waals surface area contributed by atoms with Gasteiger partial charge in [-0.1, -0.05) is 0 Å². The first-order valence-corrected chi connectivity index (χ1v) is 3.98. The quantitative estimate of drug-likeness (QED) is 0.524. The van der Waals surface area contributed by atoms with E-state index in [0.717, 1.165) is 5.70 Å². The van der Waals surface area contributed by atoms with E-state index >= 15 is 0 Å². The van der Waals surface area contributed by atoms with E-state index in [1.807, 2.05) is 0 Å². The summed E-state index contributed by atoms with van der Waals surface area (Å²) in [5, 5.41) is 5.61. The highest BCUT2D eigenvalue weighted by Gasteiger charge is 2.30. The molecule has 0 saturated heterocycles. The maximum Gasteiger partial charge on any atom is 0.247 e. The fourth-order valence-corrected chi connectivity index (χ4v) is 1.44. The normalized spacial score (nSPS) is 27.2. The third-order valence-electron chi connectivity index (χ3n) is 1.75. The molecule has 1 heterocycles. The van der Waals surface area contributed by atoms with Crippen LogP contribution in [0.5, 0.6) is 0 Å². The standard InChI is InChI=1S/C8H13N3O2/c1-5-3-7(13)11-8(2,10-5)4-6(9)12/h3,10H,4H2,1-2H3,(H2,9,12)(H,11,13). The van der Waals surface area contributed by atoms with Crippen molar-refractivity contribution in [3.63, 3.8) is 0 Å². The van der Waals surface area contributed by atoms with Crippen molar-refractivity contribution in [2.75, 3.05) is 0 Å². The van der Waals surface area contributed by atoms with Crippen LogP contribution in [0.4, 0.5) is 0 Å². The third kappa shape index (κ3) is 2.47. The molecule has 0 aromatic rings. The number of hydrogen-bond acceptors (Lipinski definition) is 3. The van der Waals surface area contributed by atoms with Crippen LogP contribution in [0.15, 0.2) is 11.8 Å². The van der Waals surface area contributed by atoms with Crippen molar-refractivity contribution >= 4 is 11.8 Å². The Morgan fingerprint density at radius 1 is 1.62 bits per heavy atom. The van der Waals surface area contributed by atoms with E-state index < -0.39 is 11.6 Å². The van der Waals surface area contributed by atoms with Crippen LogP contribution in [-0.2, 0) is 9.59 Å². The molecular formula is C8H13N3O2. The summed E-state index contributed by atoms with van der Waals surface area (Å²) >= 11 is 0. The second-order valence-electron chi connectivity index (χ2n) is 3.42. The van der Waals surface area contributed by atoms with Gasteiger partial charge in [0.25, 0.3) is 0 Å². The van der Waals surface area contributed by atoms with Gasteiger partial charge >= 0.3 is 0 Å². The maximum absolute atomic E-state index is 11.1. The van der Waals surface area contributed by atoms with Crippen LogP contribution in [0.2, 0.25) is 0 Å². The molecule has 0 bridgehead atoms. The van der Waals surface area contributed by atoms with Crippen molar-refractivity contribution in [1.29, 1.82) is 0 Å². The first-order chi connectivity index (χ1) is 5.91. The van der Waals surface area contributed by atoms with Crippen LogP contribution in [0.1, 0.15) is 20.3 Å². The van der Waals surface area contributed by atoms with Crippen LogP contribution >= 0.6 is 0 Å². The Bertz CT molecular complexity index is 285. The van der Waals surface area contributed by atoms with Gasteiger partial charge in [-0.05, 0) is 13.8 Å². The molecule has 5 nitrogen and oxygen atoms in total. The molecule has 0 aliphatic carbocycles.